The minimum Gasteiger partial charge on any atom is -0.390 e. The predicted molar refractivity (Wildman–Crippen MR) is 101 cm³/mol. The highest BCUT2D eigenvalue weighted by Gasteiger charge is 2.33. The second kappa shape index (κ2) is 6.95. The summed E-state index contributed by atoms with van der Waals surface area (Å²) in [5.41, 5.74) is 0.631. The molecule has 0 spiro atoms. The van der Waals surface area contributed by atoms with Gasteiger partial charge in [-0.3, -0.25) is 4.79 Å². The van der Waals surface area contributed by atoms with Crippen LogP contribution in [0.5, 0.6) is 0 Å². The summed E-state index contributed by atoms with van der Waals surface area (Å²) in [7, 11) is 0. The van der Waals surface area contributed by atoms with Gasteiger partial charge in [-0.2, -0.15) is 0 Å². The lowest BCUT2D eigenvalue weighted by atomic mass is 9.76. The van der Waals surface area contributed by atoms with E-state index in [0.29, 0.717) is 42.6 Å². The number of carbonyl (C=O) groups excluding carboxylic acids is 1. The van der Waals surface area contributed by atoms with Crippen LogP contribution in [0.3, 0.4) is 0 Å². The van der Waals surface area contributed by atoms with Gasteiger partial charge in [0.2, 0.25) is 0 Å². The molecule has 1 aliphatic carbocycles. The van der Waals surface area contributed by atoms with Crippen molar-refractivity contribution in [2.75, 3.05) is 13.2 Å². The van der Waals surface area contributed by atoms with Crippen molar-refractivity contribution in [1.29, 1.82) is 0 Å². The molecule has 0 bridgehead atoms. The maximum Gasteiger partial charge on any atom is 0.165 e. The minimum absolute atomic E-state index is 0.0237. The fourth-order valence-electron chi connectivity index (χ4n) is 4.35. The standard InChI is InChI=1S/C20H25ClN2O3/c1-13-3-2-6-20(25,9-13)7-4-17(24)15-10-23(14-11-26-12-14)19-18(15)16(21)5-8-22-19/h5,8,10,13-14,25H,2-4,6-7,9,11-12H2,1H3/t13-,20+/m0/s1. The molecule has 140 valence electrons. The molecule has 4 rings (SSSR count). The molecular formula is C20H25ClN2O3. The van der Waals surface area contributed by atoms with Crippen molar-refractivity contribution in [2.45, 2.75) is 57.1 Å². The van der Waals surface area contributed by atoms with Crippen LogP contribution in [-0.2, 0) is 4.74 Å². The van der Waals surface area contributed by atoms with Crippen LogP contribution in [0.25, 0.3) is 11.0 Å². The van der Waals surface area contributed by atoms with Crippen LogP contribution in [0.15, 0.2) is 18.5 Å². The van der Waals surface area contributed by atoms with Gasteiger partial charge in [0, 0.05) is 29.8 Å². The lowest BCUT2D eigenvalue weighted by Gasteiger charge is -2.35. The van der Waals surface area contributed by atoms with Crippen LogP contribution >= 0.6 is 11.6 Å². The summed E-state index contributed by atoms with van der Waals surface area (Å²) >= 11 is 6.39. The van der Waals surface area contributed by atoms with E-state index in [9.17, 15) is 9.90 Å². The van der Waals surface area contributed by atoms with Crippen molar-refractivity contribution in [3.8, 4) is 0 Å². The van der Waals surface area contributed by atoms with Crippen molar-refractivity contribution < 1.29 is 14.6 Å². The zero-order valence-corrected chi connectivity index (χ0v) is 15.8. The minimum atomic E-state index is -0.713. The highest BCUT2D eigenvalue weighted by molar-refractivity contribution is 6.36. The number of aromatic nitrogens is 2. The van der Waals surface area contributed by atoms with Gasteiger partial charge in [-0.15, -0.1) is 0 Å². The number of ketones is 1. The van der Waals surface area contributed by atoms with Crippen molar-refractivity contribution >= 4 is 28.4 Å². The van der Waals surface area contributed by atoms with Crippen molar-refractivity contribution in [2.24, 2.45) is 5.92 Å². The summed E-state index contributed by atoms with van der Waals surface area (Å²) < 4.78 is 7.30. The third-order valence-corrected chi connectivity index (χ3v) is 6.18. The molecule has 1 aliphatic heterocycles. The maximum atomic E-state index is 13.0. The van der Waals surface area contributed by atoms with Gasteiger partial charge in [0.05, 0.1) is 29.9 Å². The van der Waals surface area contributed by atoms with Crippen molar-refractivity contribution in [3.05, 3.63) is 29.0 Å². The molecule has 1 saturated heterocycles. The van der Waals surface area contributed by atoms with E-state index in [1.165, 1.54) is 0 Å². The highest BCUT2D eigenvalue weighted by Crippen LogP contribution is 2.37. The number of hydrogen-bond donors (Lipinski definition) is 1. The fraction of sp³-hybridized carbons (Fsp3) is 0.600. The first kappa shape index (κ1) is 18.0. The summed E-state index contributed by atoms with van der Waals surface area (Å²) in [5, 5.41) is 12.1. The van der Waals surface area contributed by atoms with Gasteiger partial charge in [-0.05, 0) is 31.2 Å². The van der Waals surface area contributed by atoms with Crippen LogP contribution in [0, 0.1) is 5.92 Å². The molecule has 2 aliphatic rings. The largest absolute Gasteiger partial charge is 0.390 e. The summed E-state index contributed by atoms with van der Waals surface area (Å²) in [6.45, 7) is 3.43. The van der Waals surface area contributed by atoms with E-state index in [0.717, 1.165) is 36.7 Å². The lowest BCUT2D eigenvalue weighted by molar-refractivity contribution is -0.0217. The van der Waals surface area contributed by atoms with Crippen molar-refractivity contribution in [1.82, 2.24) is 9.55 Å². The molecule has 0 amide bonds. The summed E-state index contributed by atoms with van der Waals surface area (Å²) in [6.07, 6.45) is 8.13. The molecule has 6 heteroatoms. The molecule has 2 fully saturated rings. The number of Topliss-reactive ketones (excluding diaryl/α,β-unsaturated/α-hetero) is 1. The van der Waals surface area contributed by atoms with Crippen LogP contribution in [-0.4, -0.2) is 39.3 Å². The topological polar surface area (TPSA) is 64.3 Å². The van der Waals surface area contributed by atoms with E-state index in [1.54, 1.807) is 12.3 Å². The van der Waals surface area contributed by atoms with E-state index in [1.807, 2.05) is 10.8 Å². The second-order valence-electron chi connectivity index (χ2n) is 7.98. The van der Waals surface area contributed by atoms with Gasteiger partial charge in [-0.1, -0.05) is 31.4 Å². The fourth-order valence-corrected chi connectivity index (χ4v) is 4.59. The Bertz CT molecular complexity index is 830. The smallest absolute Gasteiger partial charge is 0.165 e. The summed E-state index contributed by atoms with van der Waals surface area (Å²) in [6, 6.07) is 1.92. The Balaban J connectivity index is 1.58. The number of hydrogen-bond acceptors (Lipinski definition) is 4. The lowest BCUT2D eigenvalue weighted by Crippen LogP contribution is -2.35. The normalized spacial score (nSPS) is 26.8. The maximum absolute atomic E-state index is 13.0. The first-order chi connectivity index (χ1) is 12.5. The van der Waals surface area contributed by atoms with E-state index < -0.39 is 5.60 Å². The van der Waals surface area contributed by atoms with Gasteiger partial charge in [0.1, 0.15) is 5.65 Å². The van der Waals surface area contributed by atoms with Crippen LogP contribution < -0.4 is 0 Å². The van der Waals surface area contributed by atoms with E-state index in [2.05, 4.69) is 11.9 Å². The molecule has 0 radical (unpaired) electrons. The molecule has 2 aromatic heterocycles. The molecule has 0 aromatic carbocycles. The number of aliphatic hydroxyl groups is 1. The number of rotatable bonds is 5. The monoisotopic (exact) mass is 376 g/mol. The molecule has 5 nitrogen and oxygen atoms in total. The Morgan fingerprint density at radius 2 is 2.31 bits per heavy atom. The molecular weight excluding hydrogens is 352 g/mol. The molecule has 2 aromatic rings. The number of nitrogens with zero attached hydrogens (tertiary/aromatic N) is 2. The number of fused-ring (bicyclic) bond motifs is 1. The first-order valence-corrected chi connectivity index (χ1v) is 9.83. The van der Waals surface area contributed by atoms with Crippen LogP contribution in [0.4, 0.5) is 0 Å². The van der Waals surface area contributed by atoms with Crippen molar-refractivity contribution in [3.63, 3.8) is 0 Å². The van der Waals surface area contributed by atoms with Gasteiger partial charge in [-0.25, -0.2) is 4.98 Å². The summed E-state index contributed by atoms with van der Waals surface area (Å²) in [4.78, 5) is 17.4. The number of halogens is 1. The number of carbonyl (C=O) groups is 1. The van der Waals surface area contributed by atoms with Gasteiger partial charge < -0.3 is 14.4 Å². The molecule has 2 atom stereocenters. The quantitative estimate of drug-likeness (QED) is 0.795. The molecule has 3 heterocycles. The zero-order valence-electron chi connectivity index (χ0n) is 15.1. The van der Waals surface area contributed by atoms with Crippen LogP contribution in [0.1, 0.15) is 61.8 Å². The Morgan fingerprint density at radius 3 is 3.00 bits per heavy atom. The number of pyridine rings is 1. The molecule has 0 unspecified atom stereocenters. The highest BCUT2D eigenvalue weighted by atomic mass is 35.5. The van der Waals surface area contributed by atoms with Gasteiger partial charge in [0.15, 0.2) is 5.78 Å². The molecule has 1 N–H and O–H groups in total. The van der Waals surface area contributed by atoms with Gasteiger partial charge >= 0.3 is 0 Å². The predicted octanol–water partition coefficient (Wildman–Crippen LogP) is 4.17. The van der Waals surface area contributed by atoms with E-state index in [-0.39, 0.29) is 11.8 Å². The molecule has 1 saturated carbocycles. The Labute approximate surface area is 158 Å². The second-order valence-corrected chi connectivity index (χ2v) is 8.39. The first-order valence-electron chi connectivity index (χ1n) is 9.45. The third kappa shape index (κ3) is 3.28. The molecule has 26 heavy (non-hydrogen) atoms. The van der Waals surface area contributed by atoms with E-state index in [4.69, 9.17) is 16.3 Å². The SMILES string of the molecule is C[C@H]1CCC[C@@](O)(CCC(=O)c2cn(C3COC3)c3nccc(Cl)c23)C1. The average molecular weight is 377 g/mol. The number of ether oxygens (including phenoxy) is 1. The Hall–Kier alpha value is -1.43. The summed E-state index contributed by atoms with van der Waals surface area (Å²) in [5.74, 6) is 0.540. The average Bonchev–Trinajstić information content (AvgIpc) is 2.92. The van der Waals surface area contributed by atoms with Crippen LogP contribution in [0.2, 0.25) is 5.02 Å². The Morgan fingerprint density at radius 1 is 1.50 bits per heavy atom. The third-order valence-electron chi connectivity index (χ3n) is 5.86. The zero-order chi connectivity index (χ0) is 18.3. The van der Waals surface area contributed by atoms with Gasteiger partial charge in [0.25, 0.3) is 0 Å². The Kier molecular flexibility index (Phi) is 4.80. The van der Waals surface area contributed by atoms with E-state index >= 15 is 0 Å².